The zero-order valence-electron chi connectivity index (χ0n) is 16.5. The lowest BCUT2D eigenvalue weighted by Crippen LogP contribution is -2.25. The first-order valence-electron chi connectivity index (χ1n) is 9.33. The molecular formula is C21H26FN5O2. The van der Waals surface area contributed by atoms with Gasteiger partial charge in [0.2, 0.25) is 5.90 Å². The van der Waals surface area contributed by atoms with E-state index in [-0.39, 0.29) is 17.5 Å². The molecule has 2 aromatic rings. The summed E-state index contributed by atoms with van der Waals surface area (Å²) in [5.41, 5.74) is 6.59. The third-order valence-corrected chi connectivity index (χ3v) is 3.89. The summed E-state index contributed by atoms with van der Waals surface area (Å²) in [6.45, 7) is 5.46. The summed E-state index contributed by atoms with van der Waals surface area (Å²) < 4.78 is 18.9. The average molecular weight is 399 g/mol. The Morgan fingerprint density at radius 1 is 1.21 bits per heavy atom. The number of hydrogen-bond donors (Lipinski definition) is 4. The molecule has 8 heteroatoms. The van der Waals surface area contributed by atoms with Gasteiger partial charge >= 0.3 is 0 Å². The number of aliphatic imine (C=N–C) groups is 1. The maximum Gasteiger partial charge on any atom is 0.288 e. The fourth-order valence-corrected chi connectivity index (χ4v) is 2.40. The number of nitrogens with one attached hydrogen (secondary N) is 3. The smallest absolute Gasteiger partial charge is 0.288 e. The highest BCUT2D eigenvalue weighted by Gasteiger charge is 2.11. The van der Waals surface area contributed by atoms with Crippen LogP contribution in [0.15, 0.2) is 53.5 Å². The summed E-state index contributed by atoms with van der Waals surface area (Å²) in [6, 6.07) is 12.5. The number of hydrogen-bond acceptors (Lipinski definition) is 5. The van der Waals surface area contributed by atoms with Gasteiger partial charge in [0.25, 0.3) is 11.9 Å². The largest absolute Gasteiger partial charge is 0.407 e. The van der Waals surface area contributed by atoms with Crippen molar-refractivity contribution in [2.75, 3.05) is 18.4 Å². The molecule has 0 spiro atoms. The van der Waals surface area contributed by atoms with Gasteiger partial charge in [-0.3, -0.25) is 10.2 Å². The number of amidine groups is 1. The van der Waals surface area contributed by atoms with Gasteiger partial charge in [0.05, 0.1) is 5.56 Å². The van der Waals surface area contributed by atoms with Crippen LogP contribution >= 0.6 is 0 Å². The zero-order chi connectivity index (χ0) is 21.2. The van der Waals surface area contributed by atoms with E-state index in [1.807, 2.05) is 0 Å². The molecule has 7 nitrogen and oxygen atoms in total. The third kappa shape index (κ3) is 7.34. The van der Waals surface area contributed by atoms with E-state index in [4.69, 9.17) is 15.9 Å². The van der Waals surface area contributed by atoms with Crippen LogP contribution in [0.3, 0.4) is 0 Å². The zero-order valence-corrected chi connectivity index (χ0v) is 16.5. The predicted octanol–water partition coefficient (Wildman–Crippen LogP) is 3.12. The number of nitrogens with zero attached hydrogens (tertiary/aromatic N) is 1. The summed E-state index contributed by atoms with van der Waals surface area (Å²) >= 11 is 0. The van der Waals surface area contributed by atoms with Crippen molar-refractivity contribution in [2.45, 2.75) is 26.3 Å². The molecule has 5 N–H and O–H groups in total. The molecule has 0 aromatic heterocycles. The maximum atomic E-state index is 13.7. The first-order valence-corrected chi connectivity index (χ1v) is 9.33. The van der Waals surface area contributed by atoms with E-state index in [1.165, 1.54) is 18.2 Å². The van der Waals surface area contributed by atoms with E-state index in [0.29, 0.717) is 23.8 Å². The van der Waals surface area contributed by atoms with E-state index < -0.39 is 11.7 Å². The molecule has 0 bridgehead atoms. The molecule has 0 unspecified atom stereocenters. The Kier molecular flexibility index (Phi) is 8.29. The van der Waals surface area contributed by atoms with Gasteiger partial charge in [-0.05, 0) is 49.4 Å². The number of ether oxygens (including phenoxy) is 1. The first kappa shape index (κ1) is 22.0. The van der Waals surface area contributed by atoms with Crippen LogP contribution in [0.1, 0.15) is 36.2 Å². The molecule has 0 saturated heterocycles. The molecule has 154 valence electrons. The number of anilines is 1. The molecule has 0 aliphatic rings. The summed E-state index contributed by atoms with van der Waals surface area (Å²) in [5.74, 6) is -1.30. The van der Waals surface area contributed by atoms with E-state index in [2.05, 4.69) is 29.5 Å². The highest BCUT2D eigenvalue weighted by atomic mass is 19.1. The molecule has 29 heavy (non-hydrogen) atoms. The van der Waals surface area contributed by atoms with Crippen LogP contribution in [0.5, 0.6) is 0 Å². The van der Waals surface area contributed by atoms with E-state index >= 15 is 0 Å². The number of carbonyl (C=O) groups is 1. The lowest BCUT2D eigenvalue weighted by Gasteiger charge is -2.09. The van der Waals surface area contributed by atoms with Crippen LogP contribution in [0.25, 0.3) is 0 Å². The molecule has 1 amide bonds. The van der Waals surface area contributed by atoms with Crippen molar-refractivity contribution in [3.63, 3.8) is 0 Å². The van der Waals surface area contributed by atoms with Crippen molar-refractivity contribution < 1.29 is 13.9 Å². The quantitative estimate of drug-likeness (QED) is 0.310. The Morgan fingerprint density at radius 2 is 1.90 bits per heavy atom. The second-order valence-corrected chi connectivity index (χ2v) is 6.62. The van der Waals surface area contributed by atoms with Crippen LogP contribution in [-0.4, -0.2) is 37.0 Å². The average Bonchev–Trinajstić information content (AvgIpc) is 2.68. The maximum absolute atomic E-state index is 13.7. The molecule has 0 fully saturated rings. The summed E-state index contributed by atoms with van der Waals surface area (Å²) in [5, 5.41) is 13.9. The van der Waals surface area contributed by atoms with Crippen molar-refractivity contribution in [1.29, 1.82) is 5.41 Å². The number of benzene rings is 2. The Labute approximate surface area is 169 Å². The second-order valence-electron chi connectivity index (χ2n) is 6.62. The topological polar surface area (TPSA) is 113 Å². The Hall–Kier alpha value is -3.26. The lowest BCUT2D eigenvalue weighted by atomic mass is 10.1. The minimum Gasteiger partial charge on any atom is -0.407 e. The molecule has 0 aliphatic carbocycles. The summed E-state index contributed by atoms with van der Waals surface area (Å²) in [4.78, 5) is 16.2. The minimum absolute atomic E-state index is 0.0415. The van der Waals surface area contributed by atoms with Crippen molar-refractivity contribution in [2.24, 2.45) is 10.7 Å². The fourth-order valence-electron chi connectivity index (χ4n) is 2.40. The van der Waals surface area contributed by atoms with Gasteiger partial charge in [-0.2, -0.15) is 0 Å². The molecule has 0 aliphatic heterocycles. The molecule has 2 rings (SSSR count). The predicted molar refractivity (Wildman–Crippen MR) is 113 cm³/mol. The van der Waals surface area contributed by atoms with Crippen molar-refractivity contribution in [3.8, 4) is 0 Å². The van der Waals surface area contributed by atoms with Crippen LogP contribution in [0.4, 0.5) is 10.1 Å². The molecule has 2 aromatic carbocycles. The fraction of sp³-hybridized carbons (Fsp3) is 0.286. The van der Waals surface area contributed by atoms with E-state index in [1.54, 1.807) is 30.3 Å². The number of nitrogens with two attached hydrogens (primary N) is 1. The van der Waals surface area contributed by atoms with Gasteiger partial charge in [0.1, 0.15) is 5.82 Å². The highest BCUT2D eigenvalue weighted by molar-refractivity contribution is 6.05. The van der Waals surface area contributed by atoms with Crippen LogP contribution in [0, 0.1) is 11.2 Å². The molecule has 0 heterocycles. The van der Waals surface area contributed by atoms with Crippen LogP contribution in [0.2, 0.25) is 0 Å². The number of amides is 1. The van der Waals surface area contributed by atoms with E-state index in [0.717, 1.165) is 13.0 Å². The van der Waals surface area contributed by atoms with Gasteiger partial charge in [-0.1, -0.05) is 26.0 Å². The van der Waals surface area contributed by atoms with Crippen molar-refractivity contribution in [3.05, 3.63) is 65.5 Å². The molecular weight excluding hydrogens is 373 g/mol. The monoisotopic (exact) mass is 399 g/mol. The SMILES string of the molecule is CC(C)NCCCN=C(N)OC(=N)c1ccc(NC(=O)c2ccccc2F)cc1. The molecule has 0 saturated carbocycles. The van der Waals surface area contributed by atoms with Crippen molar-refractivity contribution in [1.82, 2.24) is 5.32 Å². The van der Waals surface area contributed by atoms with E-state index in [9.17, 15) is 9.18 Å². The summed E-state index contributed by atoms with van der Waals surface area (Å²) in [7, 11) is 0. The van der Waals surface area contributed by atoms with Gasteiger partial charge in [0, 0.05) is 23.8 Å². The Morgan fingerprint density at radius 3 is 2.55 bits per heavy atom. The van der Waals surface area contributed by atoms with Gasteiger partial charge in [-0.25, -0.2) is 9.38 Å². The number of rotatable bonds is 8. The van der Waals surface area contributed by atoms with Gasteiger partial charge < -0.3 is 21.1 Å². The van der Waals surface area contributed by atoms with Gasteiger partial charge in [-0.15, -0.1) is 0 Å². The standard InChI is InChI=1S/C21H26FN5O2/c1-14(2)25-12-5-13-26-21(24)29-19(23)15-8-10-16(11-9-15)27-20(28)17-6-3-4-7-18(17)22/h3-4,6-11,14,23,25H,5,12-13H2,1-2H3,(H2,24,26)(H,27,28). The molecule has 0 atom stereocenters. The molecule has 0 radical (unpaired) electrons. The lowest BCUT2D eigenvalue weighted by molar-refractivity contribution is 0.102. The van der Waals surface area contributed by atoms with Crippen LogP contribution in [-0.2, 0) is 4.74 Å². The van der Waals surface area contributed by atoms with Crippen molar-refractivity contribution >= 4 is 23.5 Å². The highest BCUT2D eigenvalue weighted by Crippen LogP contribution is 2.14. The Balaban J connectivity index is 1.86. The minimum atomic E-state index is -0.591. The summed E-state index contributed by atoms with van der Waals surface area (Å²) in [6.07, 6.45) is 0.811. The second kappa shape index (κ2) is 10.9. The number of carbonyl (C=O) groups excluding carboxylic acids is 1. The normalized spacial score (nSPS) is 11.4. The van der Waals surface area contributed by atoms with Crippen LogP contribution < -0.4 is 16.4 Å². The van der Waals surface area contributed by atoms with Gasteiger partial charge in [0.15, 0.2) is 0 Å². The Bertz CT molecular complexity index is 866. The third-order valence-electron chi connectivity index (χ3n) is 3.89. The first-order chi connectivity index (χ1) is 13.9. The number of halogens is 1.